The van der Waals surface area contributed by atoms with Gasteiger partial charge in [0.15, 0.2) is 0 Å². The summed E-state index contributed by atoms with van der Waals surface area (Å²) in [5, 5.41) is 15.2. The normalized spacial score (nSPS) is 12.1. The van der Waals surface area contributed by atoms with E-state index in [-0.39, 0.29) is 11.6 Å². The lowest BCUT2D eigenvalue weighted by atomic mass is 10.1. The Balaban J connectivity index is 2.26. The third-order valence-electron chi connectivity index (χ3n) is 2.65. The van der Waals surface area contributed by atoms with Crippen LogP contribution in [0.3, 0.4) is 0 Å². The summed E-state index contributed by atoms with van der Waals surface area (Å²) in [7, 11) is 0. The Morgan fingerprint density at radius 2 is 2.26 bits per heavy atom. The predicted molar refractivity (Wildman–Crippen MR) is 76.7 cm³/mol. The van der Waals surface area contributed by atoms with Crippen LogP contribution in [0.5, 0.6) is 0 Å². The van der Waals surface area contributed by atoms with Crippen LogP contribution in [0.15, 0.2) is 23.6 Å². The highest BCUT2D eigenvalue weighted by Gasteiger charge is 2.15. The lowest BCUT2D eigenvalue weighted by molar-refractivity contribution is 0.0698. The van der Waals surface area contributed by atoms with Crippen molar-refractivity contribution in [2.24, 2.45) is 0 Å². The number of carboxylic acids is 1. The van der Waals surface area contributed by atoms with Crippen LogP contribution < -0.4 is 11.1 Å². The van der Waals surface area contributed by atoms with Gasteiger partial charge in [-0.1, -0.05) is 0 Å². The summed E-state index contributed by atoms with van der Waals surface area (Å²) >= 11 is 1.55. The van der Waals surface area contributed by atoms with Crippen molar-refractivity contribution < 1.29 is 9.90 Å². The van der Waals surface area contributed by atoms with E-state index in [2.05, 4.69) is 10.3 Å². The number of aryl methyl sites for hydroxylation is 1. The Kier molecular flexibility index (Phi) is 3.71. The van der Waals surface area contributed by atoms with Gasteiger partial charge in [-0.25, -0.2) is 9.78 Å². The van der Waals surface area contributed by atoms with Gasteiger partial charge in [-0.15, -0.1) is 11.3 Å². The summed E-state index contributed by atoms with van der Waals surface area (Å²) in [6.45, 7) is 3.87. The molecule has 0 radical (unpaired) electrons. The third-order valence-corrected chi connectivity index (χ3v) is 3.80. The first-order valence-corrected chi connectivity index (χ1v) is 6.66. The summed E-state index contributed by atoms with van der Waals surface area (Å²) < 4.78 is 0. The molecule has 0 spiro atoms. The first-order valence-electron chi connectivity index (χ1n) is 5.78. The quantitative estimate of drug-likeness (QED) is 0.748. The molecule has 2 rings (SSSR count). The fraction of sp³-hybridized carbons (Fsp3) is 0.231. The number of nitrogens with two attached hydrogens (primary N) is 1. The number of nitrogens with one attached hydrogen (secondary N) is 1. The first-order chi connectivity index (χ1) is 8.97. The molecule has 19 heavy (non-hydrogen) atoms. The summed E-state index contributed by atoms with van der Waals surface area (Å²) in [4.78, 5) is 15.6. The van der Waals surface area contributed by atoms with Gasteiger partial charge in [0.05, 0.1) is 11.6 Å². The van der Waals surface area contributed by atoms with Crippen LogP contribution in [-0.4, -0.2) is 16.1 Å². The highest BCUT2D eigenvalue weighted by atomic mass is 32.1. The lowest BCUT2D eigenvalue weighted by Gasteiger charge is -2.15. The predicted octanol–water partition coefficient (Wildman–Crippen LogP) is 2.91. The van der Waals surface area contributed by atoms with Gasteiger partial charge in [-0.3, -0.25) is 0 Å². The fourth-order valence-electron chi connectivity index (χ4n) is 1.73. The highest BCUT2D eigenvalue weighted by molar-refractivity contribution is 7.09. The Morgan fingerprint density at radius 3 is 2.84 bits per heavy atom. The Bertz CT molecular complexity index is 610. The zero-order valence-electron chi connectivity index (χ0n) is 10.7. The van der Waals surface area contributed by atoms with E-state index < -0.39 is 5.97 Å². The maximum atomic E-state index is 11.2. The number of nitrogen functional groups attached to an aromatic ring is 1. The molecule has 6 heteroatoms. The van der Waals surface area contributed by atoms with Crippen molar-refractivity contribution in [2.45, 2.75) is 19.9 Å². The molecule has 0 bridgehead atoms. The van der Waals surface area contributed by atoms with Crippen LogP contribution in [0.4, 0.5) is 11.4 Å². The standard InChI is InChI=1S/C13H15N3O2S/c1-7-6-19-12(15-7)8(2)16-11-4-3-9(14)5-10(11)13(17)18/h3-6,8,16H,14H2,1-2H3,(H,17,18). The average molecular weight is 277 g/mol. The maximum Gasteiger partial charge on any atom is 0.337 e. The monoisotopic (exact) mass is 277 g/mol. The minimum absolute atomic E-state index is 0.0552. The van der Waals surface area contributed by atoms with Crippen molar-refractivity contribution >= 4 is 28.7 Å². The van der Waals surface area contributed by atoms with Crippen LogP contribution in [0, 0.1) is 6.92 Å². The van der Waals surface area contributed by atoms with E-state index in [1.807, 2.05) is 19.2 Å². The topological polar surface area (TPSA) is 88.2 Å². The molecule has 0 saturated heterocycles. The van der Waals surface area contributed by atoms with Crippen LogP contribution in [-0.2, 0) is 0 Å². The van der Waals surface area contributed by atoms with Gasteiger partial charge < -0.3 is 16.2 Å². The molecule has 0 aliphatic carbocycles. The minimum Gasteiger partial charge on any atom is -0.478 e. The van der Waals surface area contributed by atoms with Crippen molar-refractivity contribution in [3.63, 3.8) is 0 Å². The molecule has 0 aliphatic rings. The van der Waals surface area contributed by atoms with E-state index >= 15 is 0 Å². The molecule has 1 aromatic heterocycles. The first kappa shape index (κ1) is 13.4. The maximum absolute atomic E-state index is 11.2. The van der Waals surface area contributed by atoms with Gasteiger partial charge in [-0.05, 0) is 32.0 Å². The molecule has 0 amide bonds. The van der Waals surface area contributed by atoms with Crippen molar-refractivity contribution in [2.75, 3.05) is 11.1 Å². The van der Waals surface area contributed by atoms with Gasteiger partial charge in [-0.2, -0.15) is 0 Å². The molecule has 1 aromatic carbocycles. The molecule has 1 heterocycles. The third kappa shape index (κ3) is 3.03. The molecular weight excluding hydrogens is 262 g/mol. The molecule has 1 unspecified atom stereocenters. The molecule has 0 fully saturated rings. The van der Waals surface area contributed by atoms with Crippen LogP contribution in [0.1, 0.15) is 34.0 Å². The summed E-state index contributed by atoms with van der Waals surface area (Å²) in [6, 6.07) is 4.75. The van der Waals surface area contributed by atoms with Crippen molar-refractivity contribution in [3.8, 4) is 0 Å². The molecule has 4 N–H and O–H groups in total. The molecule has 0 saturated carbocycles. The summed E-state index contributed by atoms with van der Waals surface area (Å²) in [5.41, 5.74) is 7.71. The van der Waals surface area contributed by atoms with Gasteiger partial charge >= 0.3 is 5.97 Å². The number of carboxylic acid groups (broad SMARTS) is 1. The zero-order valence-corrected chi connectivity index (χ0v) is 11.5. The molecular formula is C13H15N3O2S. The fourth-order valence-corrected chi connectivity index (χ4v) is 2.53. The second-order valence-corrected chi connectivity index (χ2v) is 5.19. The van der Waals surface area contributed by atoms with E-state index in [4.69, 9.17) is 10.8 Å². The van der Waals surface area contributed by atoms with E-state index in [1.54, 1.807) is 23.5 Å². The number of rotatable bonds is 4. The van der Waals surface area contributed by atoms with E-state index in [9.17, 15) is 4.79 Å². The SMILES string of the molecule is Cc1csc(C(C)Nc2ccc(N)cc2C(=O)O)n1. The van der Waals surface area contributed by atoms with E-state index in [1.165, 1.54) is 6.07 Å². The number of anilines is 2. The lowest BCUT2D eigenvalue weighted by Crippen LogP contribution is -2.11. The van der Waals surface area contributed by atoms with E-state index in [0.29, 0.717) is 11.4 Å². The number of carbonyl (C=O) groups is 1. The highest BCUT2D eigenvalue weighted by Crippen LogP contribution is 2.26. The molecule has 2 aromatic rings. The van der Waals surface area contributed by atoms with Crippen LogP contribution in [0.25, 0.3) is 0 Å². The molecule has 0 aliphatic heterocycles. The van der Waals surface area contributed by atoms with Gasteiger partial charge in [0.25, 0.3) is 0 Å². The van der Waals surface area contributed by atoms with E-state index in [0.717, 1.165) is 10.7 Å². The number of hydrogen-bond donors (Lipinski definition) is 3. The number of thiazole rings is 1. The molecule has 1 atom stereocenters. The zero-order chi connectivity index (χ0) is 14.0. The number of nitrogens with zero attached hydrogens (tertiary/aromatic N) is 1. The van der Waals surface area contributed by atoms with Gasteiger partial charge in [0.2, 0.25) is 0 Å². The number of aromatic carboxylic acids is 1. The Morgan fingerprint density at radius 1 is 1.53 bits per heavy atom. The number of hydrogen-bond acceptors (Lipinski definition) is 5. The second kappa shape index (κ2) is 5.27. The summed E-state index contributed by atoms with van der Waals surface area (Å²) in [5.74, 6) is -1.00. The molecule has 100 valence electrons. The van der Waals surface area contributed by atoms with Crippen molar-refractivity contribution in [1.82, 2.24) is 4.98 Å². The minimum atomic E-state index is -1.00. The van der Waals surface area contributed by atoms with Crippen LogP contribution in [0.2, 0.25) is 0 Å². The molecule has 5 nitrogen and oxygen atoms in total. The van der Waals surface area contributed by atoms with Crippen molar-refractivity contribution in [1.29, 1.82) is 0 Å². The van der Waals surface area contributed by atoms with Gasteiger partial charge in [0.1, 0.15) is 5.01 Å². The number of benzene rings is 1. The van der Waals surface area contributed by atoms with Gasteiger partial charge in [0, 0.05) is 22.4 Å². The average Bonchev–Trinajstić information content (AvgIpc) is 2.78. The van der Waals surface area contributed by atoms with Crippen LogP contribution >= 0.6 is 11.3 Å². The Hall–Kier alpha value is -2.08. The number of aromatic nitrogens is 1. The van der Waals surface area contributed by atoms with Crippen molar-refractivity contribution in [3.05, 3.63) is 39.8 Å². The smallest absolute Gasteiger partial charge is 0.337 e. The largest absolute Gasteiger partial charge is 0.478 e. The Labute approximate surface area is 115 Å². The summed E-state index contributed by atoms with van der Waals surface area (Å²) in [6.07, 6.45) is 0. The second-order valence-electron chi connectivity index (χ2n) is 4.30.